The molecule has 3 rings (SSSR count). The largest absolute Gasteiger partial charge is 4.00 e. The molecule has 1 saturated heterocycles. The standard InChI is InChI=1S/C13H21Si.C5H5.2ClH.Ti/c1-3-4-8-14(9-5-10-14)13-7-6-12(2)11-13;1-2-4-5-3-1;;;/h6-7,11H,3-5,8-10H2,1-2H3;1-3H,4H2;2*1H;/q2*-1;;;+4/p-2. The first-order chi connectivity index (χ1) is 9.27. The molecular formula is C18H26Cl2SiTi. The molecule has 1 aliphatic carbocycles. The van der Waals surface area contributed by atoms with Crippen LogP contribution in [0.1, 0.15) is 38.2 Å². The van der Waals surface area contributed by atoms with Crippen LogP contribution in [-0.4, -0.2) is 8.07 Å². The second kappa shape index (κ2) is 12.7. The van der Waals surface area contributed by atoms with E-state index in [-0.39, 0.29) is 46.5 Å². The van der Waals surface area contributed by atoms with Crippen LogP contribution in [0, 0.1) is 13.0 Å². The van der Waals surface area contributed by atoms with Crippen LogP contribution in [0.2, 0.25) is 18.1 Å². The number of hydrogen-bond donors (Lipinski definition) is 0. The van der Waals surface area contributed by atoms with E-state index < -0.39 is 8.07 Å². The molecule has 1 aliphatic heterocycles. The van der Waals surface area contributed by atoms with E-state index in [0.717, 1.165) is 6.42 Å². The third kappa shape index (κ3) is 6.85. The van der Waals surface area contributed by atoms with Gasteiger partial charge in [-0.1, -0.05) is 51.2 Å². The molecule has 0 unspecified atom stereocenters. The molecule has 0 spiro atoms. The van der Waals surface area contributed by atoms with E-state index in [2.05, 4.69) is 44.2 Å². The van der Waals surface area contributed by atoms with E-state index in [1.54, 1.807) is 23.3 Å². The molecule has 120 valence electrons. The summed E-state index contributed by atoms with van der Waals surface area (Å²) in [4.78, 5) is 0. The SMILES string of the molecule is CCCC[Si]1([c-]2ccc(C)c2)CCC1.[C-]1=CC=CC1.[Cl-].[Cl-].[Ti+4]. The van der Waals surface area contributed by atoms with Crippen molar-refractivity contribution in [1.29, 1.82) is 0 Å². The van der Waals surface area contributed by atoms with Crippen molar-refractivity contribution in [3.8, 4) is 0 Å². The number of allylic oxidation sites excluding steroid dienone is 4. The summed E-state index contributed by atoms with van der Waals surface area (Å²) in [7, 11) is -0.919. The minimum atomic E-state index is -0.919. The first kappa shape index (κ1) is 24.6. The van der Waals surface area contributed by atoms with Crippen LogP contribution >= 0.6 is 0 Å². The minimum Gasteiger partial charge on any atom is -1.00 e. The number of hydrogen-bond acceptors (Lipinski definition) is 0. The Morgan fingerprint density at radius 3 is 2.32 bits per heavy atom. The Kier molecular flexibility index (Phi) is 14.2. The van der Waals surface area contributed by atoms with Gasteiger partial charge in [-0.2, -0.15) is 23.4 Å². The van der Waals surface area contributed by atoms with Crippen LogP contribution in [0.3, 0.4) is 0 Å². The fourth-order valence-corrected chi connectivity index (χ4v) is 7.61. The van der Waals surface area contributed by atoms with Crippen LogP contribution in [0.15, 0.2) is 36.4 Å². The van der Waals surface area contributed by atoms with Crippen LogP contribution in [-0.2, 0) is 21.7 Å². The molecule has 1 aromatic carbocycles. The van der Waals surface area contributed by atoms with Crippen LogP contribution in [0.4, 0.5) is 0 Å². The Balaban J connectivity index is 0. The summed E-state index contributed by atoms with van der Waals surface area (Å²) in [6.45, 7) is 4.54. The Bertz CT molecular complexity index is 438. The van der Waals surface area contributed by atoms with Crippen molar-refractivity contribution in [3.63, 3.8) is 0 Å². The molecule has 4 heteroatoms. The van der Waals surface area contributed by atoms with Gasteiger partial charge in [0.2, 0.25) is 0 Å². The molecule has 0 nitrogen and oxygen atoms in total. The molecule has 0 amide bonds. The van der Waals surface area contributed by atoms with Gasteiger partial charge in [0.15, 0.2) is 0 Å². The van der Waals surface area contributed by atoms with Gasteiger partial charge in [-0.25, -0.2) is 23.8 Å². The van der Waals surface area contributed by atoms with Crippen molar-refractivity contribution in [1.82, 2.24) is 0 Å². The first-order valence-corrected chi connectivity index (χ1v) is 10.3. The van der Waals surface area contributed by atoms with Crippen LogP contribution < -0.4 is 30.0 Å². The number of rotatable bonds is 4. The third-order valence-electron chi connectivity index (χ3n) is 4.43. The summed E-state index contributed by atoms with van der Waals surface area (Å²) in [5, 5.41) is 1.76. The van der Waals surface area contributed by atoms with Crippen molar-refractivity contribution in [2.75, 3.05) is 0 Å². The maximum Gasteiger partial charge on any atom is 4.00 e. The third-order valence-corrected chi connectivity index (χ3v) is 9.89. The van der Waals surface area contributed by atoms with Crippen molar-refractivity contribution in [2.45, 2.75) is 57.7 Å². The molecule has 0 atom stereocenters. The van der Waals surface area contributed by atoms with Gasteiger partial charge >= 0.3 is 21.7 Å². The van der Waals surface area contributed by atoms with Crippen molar-refractivity contribution in [3.05, 3.63) is 48.1 Å². The fraction of sp³-hybridized carbons (Fsp3) is 0.500. The van der Waals surface area contributed by atoms with E-state index in [9.17, 15) is 0 Å². The van der Waals surface area contributed by atoms with E-state index in [1.165, 1.54) is 24.8 Å². The number of aryl methyl sites for hydroxylation is 1. The van der Waals surface area contributed by atoms with Gasteiger partial charge in [0.25, 0.3) is 0 Å². The van der Waals surface area contributed by atoms with Gasteiger partial charge in [0, 0.05) is 8.07 Å². The summed E-state index contributed by atoms with van der Waals surface area (Å²) in [5.41, 5.74) is 1.47. The Labute approximate surface area is 164 Å². The maximum atomic E-state index is 2.99. The van der Waals surface area contributed by atoms with E-state index in [0.29, 0.717) is 0 Å². The molecule has 0 radical (unpaired) electrons. The van der Waals surface area contributed by atoms with E-state index >= 15 is 0 Å². The molecule has 2 aliphatic rings. The molecule has 0 bridgehead atoms. The molecule has 1 aromatic rings. The Hall–Kier alpha value is 0.341. The predicted molar refractivity (Wildman–Crippen MR) is 87.7 cm³/mol. The maximum absolute atomic E-state index is 2.99. The molecule has 0 aromatic heterocycles. The molecular weight excluding hydrogens is 363 g/mol. The van der Waals surface area contributed by atoms with E-state index in [1.807, 2.05) is 12.2 Å². The normalized spacial score (nSPS) is 16.3. The quantitative estimate of drug-likeness (QED) is 0.453. The second-order valence-corrected chi connectivity index (χ2v) is 10.6. The zero-order valence-electron chi connectivity index (χ0n) is 13.7. The van der Waals surface area contributed by atoms with Gasteiger partial charge < -0.3 is 24.8 Å². The number of unbranched alkanes of at least 4 members (excludes halogenated alkanes) is 1. The Morgan fingerprint density at radius 2 is 2.00 bits per heavy atom. The predicted octanol–water partition coefficient (Wildman–Crippen LogP) is -1.12. The van der Waals surface area contributed by atoms with Crippen molar-refractivity contribution < 1.29 is 46.5 Å². The van der Waals surface area contributed by atoms with Crippen molar-refractivity contribution in [2.24, 2.45) is 0 Å². The summed E-state index contributed by atoms with van der Waals surface area (Å²) in [6, 6.07) is 11.9. The number of halogens is 2. The van der Waals surface area contributed by atoms with Crippen LogP contribution in [0.5, 0.6) is 0 Å². The first-order valence-electron chi connectivity index (χ1n) is 7.72. The monoisotopic (exact) mass is 388 g/mol. The average Bonchev–Trinajstić information content (AvgIpc) is 3.02. The van der Waals surface area contributed by atoms with E-state index in [4.69, 9.17) is 0 Å². The summed E-state index contributed by atoms with van der Waals surface area (Å²) in [5.74, 6) is 0. The second-order valence-electron chi connectivity index (χ2n) is 5.92. The zero-order valence-corrected chi connectivity index (χ0v) is 17.7. The summed E-state index contributed by atoms with van der Waals surface area (Å²) >= 11 is 0. The Morgan fingerprint density at radius 1 is 1.27 bits per heavy atom. The molecule has 1 heterocycles. The smallest absolute Gasteiger partial charge is 1.00 e. The van der Waals surface area contributed by atoms with Crippen LogP contribution in [0.25, 0.3) is 0 Å². The topological polar surface area (TPSA) is 0 Å². The van der Waals surface area contributed by atoms with Gasteiger partial charge in [0.05, 0.1) is 0 Å². The average molecular weight is 389 g/mol. The molecule has 22 heavy (non-hydrogen) atoms. The van der Waals surface area contributed by atoms with Gasteiger partial charge in [-0.3, -0.25) is 6.08 Å². The summed E-state index contributed by atoms with van der Waals surface area (Å²) < 4.78 is 0. The zero-order chi connectivity index (χ0) is 13.6. The molecule has 1 fully saturated rings. The van der Waals surface area contributed by atoms with Gasteiger partial charge in [-0.15, -0.1) is 6.42 Å². The van der Waals surface area contributed by atoms with Gasteiger partial charge in [0.1, 0.15) is 0 Å². The fourth-order valence-electron chi connectivity index (χ4n) is 3.03. The minimum absolute atomic E-state index is 0. The molecule has 0 N–H and O–H groups in total. The van der Waals surface area contributed by atoms with Gasteiger partial charge in [-0.05, 0) is 0 Å². The van der Waals surface area contributed by atoms with Crippen molar-refractivity contribution >= 4 is 13.3 Å². The summed E-state index contributed by atoms with van der Waals surface area (Å²) in [6.07, 6.45) is 14.3. The molecule has 0 saturated carbocycles.